The Morgan fingerprint density at radius 3 is 2.75 bits per heavy atom. The van der Waals surface area contributed by atoms with E-state index in [4.69, 9.17) is 9.47 Å². The summed E-state index contributed by atoms with van der Waals surface area (Å²) in [6.45, 7) is 2.45. The van der Waals surface area contributed by atoms with Crippen LogP contribution in [0.2, 0.25) is 0 Å². The Morgan fingerprint density at radius 1 is 1.22 bits per heavy atom. The van der Waals surface area contributed by atoms with Gasteiger partial charge in [0.2, 0.25) is 0 Å². The van der Waals surface area contributed by atoms with E-state index in [1.807, 2.05) is 42.5 Å². The number of unbranched alkanes of at least 4 members (excludes halogenated alkanes) is 1. The number of hydrogen-bond acceptors (Lipinski definition) is 4. The first-order valence-electron chi connectivity index (χ1n) is 11.3. The number of hydrogen-bond donors (Lipinski definition) is 1. The molecule has 0 spiro atoms. The van der Waals surface area contributed by atoms with Gasteiger partial charge in [-0.1, -0.05) is 38.3 Å². The minimum absolute atomic E-state index is 0.331. The second-order valence-electron chi connectivity index (χ2n) is 8.22. The Bertz CT molecular complexity index is 1150. The summed E-state index contributed by atoms with van der Waals surface area (Å²) in [7, 11) is 1.66. The molecule has 6 heteroatoms. The molecule has 4 rings (SSSR count). The van der Waals surface area contributed by atoms with Gasteiger partial charge in [0.25, 0.3) is 0 Å². The van der Waals surface area contributed by atoms with E-state index in [2.05, 4.69) is 22.9 Å². The third-order valence-electron chi connectivity index (χ3n) is 6.13. The van der Waals surface area contributed by atoms with E-state index in [1.54, 1.807) is 7.11 Å². The topological polar surface area (TPSA) is 76.3 Å². The van der Waals surface area contributed by atoms with E-state index in [9.17, 15) is 10.1 Å². The Hall–Kier alpha value is -3.46. The minimum Gasteiger partial charge on any atom is -0.497 e. The Balaban J connectivity index is 1.79. The summed E-state index contributed by atoms with van der Waals surface area (Å²) >= 11 is 0. The van der Waals surface area contributed by atoms with Gasteiger partial charge in [0.15, 0.2) is 0 Å². The zero-order chi connectivity index (χ0) is 22.5. The lowest BCUT2D eigenvalue weighted by Gasteiger charge is -2.19. The number of benzene rings is 2. The van der Waals surface area contributed by atoms with Crippen molar-refractivity contribution in [2.45, 2.75) is 51.5 Å². The molecule has 1 amide bonds. The van der Waals surface area contributed by atoms with Crippen LogP contribution in [-0.2, 0) is 4.74 Å². The molecule has 1 N–H and O–H groups in total. The van der Waals surface area contributed by atoms with Crippen molar-refractivity contribution in [3.05, 3.63) is 48.0 Å². The van der Waals surface area contributed by atoms with Crippen molar-refractivity contribution in [1.29, 1.82) is 5.26 Å². The predicted octanol–water partition coefficient (Wildman–Crippen LogP) is 6.65. The normalized spacial score (nSPS) is 13.8. The fraction of sp³-hybridized carbons (Fsp3) is 0.385. The largest absolute Gasteiger partial charge is 0.497 e. The maximum absolute atomic E-state index is 12.1. The number of nitriles is 1. The molecule has 0 atom stereocenters. The highest BCUT2D eigenvalue weighted by Crippen LogP contribution is 2.42. The fourth-order valence-electron chi connectivity index (χ4n) is 4.56. The summed E-state index contributed by atoms with van der Waals surface area (Å²) in [4.78, 5) is 12.1. The van der Waals surface area contributed by atoms with Crippen LogP contribution in [0.5, 0.6) is 5.75 Å². The summed E-state index contributed by atoms with van der Waals surface area (Å²) in [6, 6.07) is 16.3. The lowest BCUT2D eigenvalue weighted by atomic mass is 10.0. The van der Waals surface area contributed by atoms with Crippen molar-refractivity contribution in [2.75, 3.05) is 19.0 Å². The number of methoxy groups -OCH3 is 1. The first kappa shape index (κ1) is 21.8. The first-order valence-corrected chi connectivity index (χ1v) is 11.3. The fourth-order valence-corrected chi connectivity index (χ4v) is 4.56. The monoisotopic (exact) mass is 431 g/mol. The molecule has 0 saturated heterocycles. The summed E-state index contributed by atoms with van der Waals surface area (Å²) in [5.41, 5.74) is 4.10. The van der Waals surface area contributed by atoms with Crippen molar-refractivity contribution in [2.24, 2.45) is 0 Å². The standard InChI is InChI=1S/C26H29N3O3/c1-3-4-14-32-26(30)28-19-9-7-8-18(15-19)25-23(17-27)22-13-12-21(31-2)16-24(22)29(25)20-10-5-6-11-20/h7-9,12-13,15-16,20H,3-6,10-11,14H2,1-2H3,(H,28,30). The van der Waals surface area contributed by atoms with Gasteiger partial charge in [-0.3, -0.25) is 5.32 Å². The Labute approximate surface area is 188 Å². The molecule has 1 saturated carbocycles. The number of carbonyl (C=O) groups is 1. The second-order valence-corrected chi connectivity index (χ2v) is 8.22. The van der Waals surface area contributed by atoms with E-state index in [0.29, 0.717) is 23.9 Å². The Kier molecular flexibility index (Phi) is 6.65. The highest BCUT2D eigenvalue weighted by molar-refractivity contribution is 5.96. The number of amides is 1. The van der Waals surface area contributed by atoms with Crippen LogP contribution in [0.3, 0.4) is 0 Å². The molecule has 0 radical (unpaired) electrons. The van der Waals surface area contributed by atoms with Gasteiger partial charge in [-0.25, -0.2) is 4.79 Å². The van der Waals surface area contributed by atoms with Gasteiger partial charge in [0.1, 0.15) is 11.8 Å². The maximum atomic E-state index is 12.1. The lowest BCUT2D eigenvalue weighted by molar-refractivity contribution is 0.160. The molecule has 0 aliphatic heterocycles. The van der Waals surface area contributed by atoms with Crippen molar-refractivity contribution in [3.8, 4) is 23.1 Å². The van der Waals surface area contributed by atoms with Crippen LogP contribution in [0.15, 0.2) is 42.5 Å². The van der Waals surface area contributed by atoms with Gasteiger partial charge < -0.3 is 14.0 Å². The van der Waals surface area contributed by atoms with E-state index >= 15 is 0 Å². The average molecular weight is 432 g/mol. The van der Waals surface area contributed by atoms with E-state index in [1.165, 1.54) is 12.8 Å². The summed E-state index contributed by atoms with van der Waals surface area (Å²) in [5, 5.41) is 13.9. The highest BCUT2D eigenvalue weighted by Gasteiger charge is 2.26. The molecule has 166 valence electrons. The van der Waals surface area contributed by atoms with Crippen LogP contribution in [0.4, 0.5) is 10.5 Å². The van der Waals surface area contributed by atoms with Crippen LogP contribution in [0.25, 0.3) is 22.2 Å². The van der Waals surface area contributed by atoms with E-state index in [-0.39, 0.29) is 0 Å². The second kappa shape index (κ2) is 9.78. The molecule has 32 heavy (non-hydrogen) atoms. The quantitative estimate of drug-likeness (QED) is 0.425. The maximum Gasteiger partial charge on any atom is 0.411 e. The van der Waals surface area contributed by atoms with Crippen molar-refractivity contribution in [3.63, 3.8) is 0 Å². The zero-order valence-electron chi connectivity index (χ0n) is 18.7. The van der Waals surface area contributed by atoms with Gasteiger partial charge in [-0.05, 0) is 43.5 Å². The van der Waals surface area contributed by atoms with Crippen LogP contribution in [-0.4, -0.2) is 24.4 Å². The number of nitrogens with zero attached hydrogens (tertiary/aromatic N) is 2. The smallest absolute Gasteiger partial charge is 0.411 e. The molecule has 3 aromatic rings. The molecule has 1 fully saturated rings. The number of anilines is 1. The summed E-state index contributed by atoms with van der Waals surface area (Å²) in [5.74, 6) is 0.774. The Morgan fingerprint density at radius 2 is 2.03 bits per heavy atom. The van der Waals surface area contributed by atoms with Crippen LogP contribution in [0.1, 0.15) is 57.1 Å². The zero-order valence-corrected chi connectivity index (χ0v) is 18.7. The van der Waals surface area contributed by atoms with Crippen molar-refractivity contribution in [1.82, 2.24) is 4.57 Å². The third kappa shape index (κ3) is 4.29. The molecule has 0 unspecified atom stereocenters. The number of nitrogens with one attached hydrogen (secondary N) is 1. The molecule has 1 aliphatic rings. The van der Waals surface area contributed by atoms with Crippen LogP contribution < -0.4 is 10.1 Å². The number of aromatic nitrogens is 1. The third-order valence-corrected chi connectivity index (χ3v) is 6.13. The summed E-state index contributed by atoms with van der Waals surface area (Å²) < 4.78 is 13.0. The van der Waals surface area contributed by atoms with Crippen LogP contribution in [0, 0.1) is 11.3 Å². The lowest BCUT2D eigenvalue weighted by Crippen LogP contribution is -2.14. The molecule has 2 aromatic carbocycles. The average Bonchev–Trinajstić information content (AvgIpc) is 3.44. The van der Waals surface area contributed by atoms with Gasteiger partial charge >= 0.3 is 6.09 Å². The van der Waals surface area contributed by atoms with E-state index in [0.717, 1.165) is 53.6 Å². The molecular formula is C26H29N3O3. The summed E-state index contributed by atoms with van der Waals surface area (Å²) in [6.07, 6.45) is 5.88. The number of carbonyl (C=O) groups excluding carboxylic acids is 1. The predicted molar refractivity (Wildman–Crippen MR) is 126 cm³/mol. The van der Waals surface area contributed by atoms with Crippen molar-refractivity contribution < 1.29 is 14.3 Å². The highest BCUT2D eigenvalue weighted by atomic mass is 16.5. The molecule has 1 aliphatic carbocycles. The SMILES string of the molecule is CCCCOC(=O)Nc1cccc(-c2c(C#N)c3ccc(OC)cc3n2C2CCCC2)c1. The van der Waals surface area contributed by atoms with E-state index < -0.39 is 6.09 Å². The van der Waals surface area contributed by atoms with Gasteiger partial charge in [0, 0.05) is 28.7 Å². The molecule has 1 aromatic heterocycles. The molecule has 1 heterocycles. The van der Waals surface area contributed by atoms with Crippen LogP contribution >= 0.6 is 0 Å². The first-order chi connectivity index (χ1) is 15.7. The minimum atomic E-state index is -0.461. The molecule has 6 nitrogen and oxygen atoms in total. The number of fused-ring (bicyclic) bond motifs is 1. The molecular weight excluding hydrogens is 402 g/mol. The van der Waals surface area contributed by atoms with Gasteiger partial charge in [-0.2, -0.15) is 5.26 Å². The molecule has 0 bridgehead atoms. The van der Waals surface area contributed by atoms with Gasteiger partial charge in [0.05, 0.1) is 30.5 Å². The number of rotatable bonds is 7. The van der Waals surface area contributed by atoms with Gasteiger partial charge in [-0.15, -0.1) is 0 Å². The van der Waals surface area contributed by atoms with Crippen molar-refractivity contribution >= 4 is 22.7 Å². The number of ether oxygens (including phenoxy) is 2.